The number of amides is 1. The van der Waals surface area contributed by atoms with E-state index in [0.717, 1.165) is 22.7 Å². The van der Waals surface area contributed by atoms with Gasteiger partial charge in [0, 0.05) is 24.1 Å². The maximum Gasteiger partial charge on any atom is 0.412 e. The number of primary amides is 1. The van der Waals surface area contributed by atoms with E-state index in [1.165, 1.54) is 38.2 Å². The first-order chi connectivity index (χ1) is 15.4. The number of esters is 1. The number of furan rings is 1. The lowest BCUT2D eigenvalue weighted by Crippen LogP contribution is -2.26. The number of aliphatic hydroxyl groups is 1. The van der Waals surface area contributed by atoms with E-state index >= 15 is 0 Å². The van der Waals surface area contributed by atoms with Crippen LogP contribution in [0.5, 0.6) is 5.75 Å². The summed E-state index contributed by atoms with van der Waals surface area (Å²) >= 11 is 0. The molecule has 0 radical (unpaired) electrons. The van der Waals surface area contributed by atoms with Gasteiger partial charge < -0.3 is 24.7 Å². The van der Waals surface area contributed by atoms with Crippen LogP contribution in [-0.4, -0.2) is 51.6 Å². The molecule has 3 rings (SSSR count). The van der Waals surface area contributed by atoms with Crippen LogP contribution in [-0.2, 0) is 14.8 Å². The highest BCUT2D eigenvalue weighted by Gasteiger charge is 2.28. The fourth-order valence-corrected chi connectivity index (χ4v) is 3.51. The molecule has 1 atom stereocenters. The van der Waals surface area contributed by atoms with Gasteiger partial charge in [-0.1, -0.05) is 0 Å². The summed E-state index contributed by atoms with van der Waals surface area (Å²) in [5, 5.41) is 9.72. The Bertz CT molecular complexity index is 1320. The minimum absolute atomic E-state index is 0.0101. The summed E-state index contributed by atoms with van der Waals surface area (Å²) in [6, 6.07) is 7.63. The number of fused-ring (bicyclic) bond motifs is 1. The third-order valence-corrected chi connectivity index (χ3v) is 5.78. The van der Waals surface area contributed by atoms with Crippen molar-refractivity contribution in [1.82, 2.24) is 0 Å². The molecule has 0 aliphatic rings. The molecular weight excluding hydrogens is 459 g/mol. The van der Waals surface area contributed by atoms with Gasteiger partial charge in [-0.15, -0.1) is 0 Å². The quantitative estimate of drug-likeness (QED) is 0.387. The summed E-state index contributed by atoms with van der Waals surface area (Å²) in [7, 11) is -2.43. The summed E-state index contributed by atoms with van der Waals surface area (Å²) < 4.78 is 54.6. The number of carbonyl (C=O) groups excluding carboxylic acids is 2. The Morgan fingerprint density at radius 1 is 1.24 bits per heavy atom. The molecule has 10 nitrogen and oxygen atoms in total. The Labute approximate surface area is 188 Å². The van der Waals surface area contributed by atoms with Gasteiger partial charge in [-0.2, -0.15) is 0 Å². The first kappa shape index (κ1) is 24.0. The van der Waals surface area contributed by atoms with Gasteiger partial charge in [0.1, 0.15) is 35.1 Å². The van der Waals surface area contributed by atoms with Gasteiger partial charge in [0.15, 0.2) is 0 Å². The number of hydrogen-bond acceptors (Lipinski definition) is 8. The van der Waals surface area contributed by atoms with Crippen LogP contribution in [0.15, 0.2) is 40.8 Å². The van der Waals surface area contributed by atoms with Gasteiger partial charge >= 0.3 is 12.1 Å². The molecule has 0 saturated heterocycles. The topological polar surface area (TPSA) is 149 Å². The van der Waals surface area contributed by atoms with Crippen molar-refractivity contribution in [2.24, 2.45) is 5.73 Å². The van der Waals surface area contributed by atoms with Crippen molar-refractivity contribution in [1.29, 1.82) is 0 Å². The lowest BCUT2D eigenvalue weighted by atomic mass is 10.0. The van der Waals surface area contributed by atoms with E-state index in [1.54, 1.807) is 0 Å². The third-order valence-electron chi connectivity index (χ3n) is 4.59. The fraction of sp³-hybridized carbons (Fsp3) is 0.238. The van der Waals surface area contributed by atoms with E-state index in [2.05, 4.69) is 4.74 Å². The number of nitrogens with two attached hydrogens (primary N) is 1. The molecule has 33 heavy (non-hydrogen) atoms. The maximum absolute atomic E-state index is 13.4. The number of nitrogens with zero attached hydrogens (tertiary/aromatic N) is 1. The predicted octanol–water partition coefficient (Wildman–Crippen LogP) is 2.63. The lowest BCUT2D eigenvalue weighted by molar-refractivity contribution is 0.0640. The Hall–Kier alpha value is -3.64. The summed E-state index contributed by atoms with van der Waals surface area (Å²) in [5.74, 6) is -1.71. The van der Waals surface area contributed by atoms with Crippen molar-refractivity contribution < 1.29 is 41.4 Å². The van der Waals surface area contributed by atoms with Crippen LogP contribution in [0.4, 0.5) is 14.9 Å². The SMILES string of the molecule is CC(O)COc1cc2c(C(=O)OC(N)=O)c(-c3ccc(F)cc3)oc2cc1N(C)S(C)(=O)=O. The highest BCUT2D eigenvalue weighted by Crippen LogP contribution is 2.41. The number of carbonyl (C=O) groups is 2. The number of ether oxygens (including phenoxy) is 2. The first-order valence-corrected chi connectivity index (χ1v) is 11.4. The van der Waals surface area contributed by atoms with Crippen molar-refractivity contribution in [3.8, 4) is 17.1 Å². The van der Waals surface area contributed by atoms with Crippen molar-refractivity contribution in [3.63, 3.8) is 0 Å². The van der Waals surface area contributed by atoms with Crippen molar-refractivity contribution in [2.45, 2.75) is 13.0 Å². The van der Waals surface area contributed by atoms with Gasteiger partial charge in [0.25, 0.3) is 0 Å². The van der Waals surface area contributed by atoms with Gasteiger partial charge in [-0.25, -0.2) is 22.4 Å². The van der Waals surface area contributed by atoms with Crippen LogP contribution in [0.3, 0.4) is 0 Å². The Morgan fingerprint density at radius 3 is 2.42 bits per heavy atom. The largest absolute Gasteiger partial charge is 0.489 e. The molecule has 0 aliphatic heterocycles. The minimum Gasteiger partial charge on any atom is -0.489 e. The monoisotopic (exact) mass is 480 g/mol. The van der Waals surface area contributed by atoms with E-state index in [0.29, 0.717) is 0 Å². The zero-order valence-electron chi connectivity index (χ0n) is 17.9. The third kappa shape index (κ3) is 5.23. The highest BCUT2D eigenvalue weighted by molar-refractivity contribution is 7.92. The van der Waals surface area contributed by atoms with Crippen LogP contribution in [0, 0.1) is 5.82 Å². The molecule has 176 valence electrons. The van der Waals surface area contributed by atoms with E-state index < -0.39 is 34.0 Å². The number of sulfonamides is 1. The van der Waals surface area contributed by atoms with Gasteiger partial charge in [-0.05, 0) is 37.3 Å². The lowest BCUT2D eigenvalue weighted by Gasteiger charge is -2.21. The molecule has 1 amide bonds. The highest BCUT2D eigenvalue weighted by atomic mass is 32.2. The molecule has 0 fully saturated rings. The maximum atomic E-state index is 13.4. The smallest absolute Gasteiger partial charge is 0.412 e. The van der Waals surface area contributed by atoms with Crippen LogP contribution in [0.1, 0.15) is 17.3 Å². The van der Waals surface area contributed by atoms with Crippen molar-refractivity contribution >= 4 is 38.7 Å². The van der Waals surface area contributed by atoms with Gasteiger partial charge in [0.05, 0.1) is 18.0 Å². The van der Waals surface area contributed by atoms with E-state index in [4.69, 9.17) is 14.9 Å². The number of halogens is 1. The number of benzene rings is 2. The normalized spacial score (nSPS) is 12.4. The summed E-state index contributed by atoms with van der Waals surface area (Å²) in [6.07, 6.45) is -1.24. The molecule has 1 aromatic heterocycles. The van der Waals surface area contributed by atoms with Gasteiger partial charge in [-0.3, -0.25) is 4.31 Å². The standard InChI is InChI=1S/C21H21FN2O8S/c1-11(25)10-30-17-8-14-16(9-15(17)24(2)33(3,28)29)31-19(12-4-6-13(22)7-5-12)18(14)20(26)32-21(23)27/h4-9,11,25H,10H2,1-3H3,(H2,23,27). The molecular formula is C21H21FN2O8S. The van der Waals surface area contributed by atoms with Crippen LogP contribution >= 0.6 is 0 Å². The minimum atomic E-state index is -3.72. The second-order valence-electron chi connectivity index (χ2n) is 7.23. The average molecular weight is 480 g/mol. The molecule has 12 heteroatoms. The molecule has 0 saturated carbocycles. The zero-order valence-corrected chi connectivity index (χ0v) is 18.7. The molecule has 0 aliphatic carbocycles. The molecule has 3 N–H and O–H groups in total. The molecule has 3 aromatic rings. The van der Waals surface area contributed by atoms with E-state index in [9.17, 15) is 27.5 Å². The zero-order chi connectivity index (χ0) is 24.5. The second kappa shape index (κ2) is 9.08. The molecule has 0 bridgehead atoms. The van der Waals surface area contributed by atoms with Crippen LogP contribution in [0.25, 0.3) is 22.3 Å². The number of aliphatic hydroxyl groups excluding tert-OH is 1. The average Bonchev–Trinajstić information content (AvgIpc) is 3.08. The van der Waals surface area contributed by atoms with Crippen LogP contribution < -0.4 is 14.8 Å². The van der Waals surface area contributed by atoms with Crippen LogP contribution in [0.2, 0.25) is 0 Å². The number of hydrogen-bond donors (Lipinski definition) is 2. The second-order valence-corrected chi connectivity index (χ2v) is 9.24. The molecule has 1 unspecified atom stereocenters. The number of rotatable bonds is 7. The van der Waals surface area contributed by atoms with E-state index in [1.807, 2.05) is 0 Å². The molecule has 1 heterocycles. The molecule has 2 aromatic carbocycles. The van der Waals surface area contributed by atoms with Crippen molar-refractivity contribution in [3.05, 3.63) is 47.8 Å². The molecule has 0 spiro atoms. The fourth-order valence-electron chi connectivity index (χ4n) is 3.01. The van der Waals surface area contributed by atoms with E-state index in [-0.39, 0.29) is 45.9 Å². The number of anilines is 1. The Kier molecular flexibility index (Phi) is 6.60. The Balaban J connectivity index is 2.32. The summed E-state index contributed by atoms with van der Waals surface area (Å²) in [4.78, 5) is 23.9. The summed E-state index contributed by atoms with van der Waals surface area (Å²) in [6.45, 7) is 1.29. The Morgan fingerprint density at radius 2 is 1.88 bits per heavy atom. The summed E-state index contributed by atoms with van der Waals surface area (Å²) in [5.41, 5.74) is 5.19. The predicted molar refractivity (Wildman–Crippen MR) is 117 cm³/mol. The van der Waals surface area contributed by atoms with Crippen molar-refractivity contribution in [2.75, 3.05) is 24.2 Å². The van der Waals surface area contributed by atoms with Gasteiger partial charge in [0.2, 0.25) is 10.0 Å². The first-order valence-electron chi connectivity index (χ1n) is 9.51.